The molecular formula is C24H23N3O4. The second-order valence-corrected chi connectivity index (χ2v) is 8.42. The lowest BCUT2D eigenvalue weighted by Crippen LogP contribution is -2.52. The molecule has 3 aliphatic rings. The van der Waals surface area contributed by atoms with Crippen molar-refractivity contribution in [1.82, 2.24) is 15.1 Å². The molecule has 2 saturated heterocycles. The van der Waals surface area contributed by atoms with E-state index in [1.807, 2.05) is 23.1 Å². The molecule has 0 bridgehead atoms. The SMILES string of the molecule is O=C1CCC(N2Cc3cc(C(=O)N4CC[C@H](c5ccccc5)C4)ccc3C2=O)C(=O)N1. The molecule has 1 N–H and O–H groups in total. The summed E-state index contributed by atoms with van der Waals surface area (Å²) < 4.78 is 0. The third-order valence-electron chi connectivity index (χ3n) is 6.52. The summed E-state index contributed by atoms with van der Waals surface area (Å²) in [6.07, 6.45) is 1.48. The molecule has 158 valence electrons. The van der Waals surface area contributed by atoms with Crippen LogP contribution in [-0.4, -0.2) is 52.6 Å². The number of imide groups is 1. The molecule has 2 fully saturated rings. The largest absolute Gasteiger partial charge is 0.338 e. The van der Waals surface area contributed by atoms with Crippen molar-refractivity contribution < 1.29 is 19.2 Å². The van der Waals surface area contributed by atoms with Crippen molar-refractivity contribution in [3.63, 3.8) is 0 Å². The van der Waals surface area contributed by atoms with Crippen LogP contribution in [0.5, 0.6) is 0 Å². The Balaban J connectivity index is 1.31. The van der Waals surface area contributed by atoms with Crippen LogP contribution in [0.4, 0.5) is 0 Å². The third-order valence-corrected chi connectivity index (χ3v) is 6.52. The van der Waals surface area contributed by atoms with E-state index < -0.39 is 11.9 Å². The number of likely N-dealkylation sites (tertiary alicyclic amines) is 1. The summed E-state index contributed by atoms with van der Waals surface area (Å²) in [6, 6.07) is 14.7. The van der Waals surface area contributed by atoms with Gasteiger partial charge < -0.3 is 9.80 Å². The van der Waals surface area contributed by atoms with Crippen LogP contribution in [0, 0.1) is 0 Å². The lowest BCUT2D eigenvalue weighted by atomic mass is 9.99. The maximum atomic E-state index is 13.1. The minimum Gasteiger partial charge on any atom is -0.338 e. The zero-order chi connectivity index (χ0) is 21.5. The maximum Gasteiger partial charge on any atom is 0.255 e. The van der Waals surface area contributed by atoms with Crippen LogP contribution in [0.3, 0.4) is 0 Å². The zero-order valence-corrected chi connectivity index (χ0v) is 17.0. The van der Waals surface area contributed by atoms with Gasteiger partial charge in [-0.25, -0.2) is 0 Å². The number of amides is 4. The number of benzene rings is 2. The summed E-state index contributed by atoms with van der Waals surface area (Å²) in [4.78, 5) is 52.9. The van der Waals surface area contributed by atoms with Gasteiger partial charge in [0.15, 0.2) is 0 Å². The lowest BCUT2D eigenvalue weighted by molar-refractivity contribution is -0.136. The maximum absolute atomic E-state index is 13.1. The van der Waals surface area contributed by atoms with Crippen molar-refractivity contribution in [2.45, 2.75) is 37.8 Å². The predicted octanol–water partition coefficient (Wildman–Crippen LogP) is 2.08. The quantitative estimate of drug-likeness (QED) is 0.775. The number of hydrogen-bond acceptors (Lipinski definition) is 4. The van der Waals surface area contributed by atoms with E-state index in [-0.39, 0.29) is 30.7 Å². The van der Waals surface area contributed by atoms with E-state index in [0.717, 1.165) is 12.0 Å². The zero-order valence-electron chi connectivity index (χ0n) is 17.0. The molecule has 3 heterocycles. The Morgan fingerprint density at radius 3 is 2.58 bits per heavy atom. The van der Waals surface area contributed by atoms with Crippen LogP contribution < -0.4 is 5.32 Å². The summed E-state index contributed by atoms with van der Waals surface area (Å²) in [6.45, 7) is 1.66. The van der Waals surface area contributed by atoms with E-state index in [0.29, 0.717) is 36.6 Å². The number of nitrogens with zero attached hydrogens (tertiary/aromatic N) is 2. The average Bonchev–Trinajstić information content (AvgIpc) is 3.39. The Labute approximate surface area is 180 Å². The first-order valence-corrected chi connectivity index (χ1v) is 10.6. The van der Waals surface area contributed by atoms with Gasteiger partial charge in [-0.3, -0.25) is 24.5 Å². The summed E-state index contributed by atoms with van der Waals surface area (Å²) in [5.41, 5.74) is 3.08. The normalized spacial score (nSPS) is 23.2. The average molecular weight is 417 g/mol. The van der Waals surface area contributed by atoms with Gasteiger partial charge in [-0.05, 0) is 42.2 Å². The van der Waals surface area contributed by atoms with Crippen molar-refractivity contribution in [2.75, 3.05) is 13.1 Å². The Hall–Kier alpha value is -3.48. The standard InChI is InChI=1S/C24H23N3O4/c28-21-9-8-20(22(29)25-21)27-14-18-12-16(6-7-19(18)24(27)31)23(30)26-11-10-17(13-26)15-4-2-1-3-5-15/h1-7,12,17,20H,8-11,13-14H2,(H,25,28,29)/t17-,20?/m0/s1. The molecule has 0 aromatic heterocycles. The highest BCUT2D eigenvalue weighted by molar-refractivity contribution is 6.06. The molecule has 3 aliphatic heterocycles. The van der Waals surface area contributed by atoms with E-state index in [2.05, 4.69) is 17.4 Å². The molecule has 31 heavy (non-hydrogen) atoms. The van der Waals surface area contributed by atoms with Crippen LogP contribution in [0.1, 0.15) is 57.0 Å². The van der Waals surface area contributed by atoms with Gasteiger partial charge in [-0.2, -0.15) is 0 Å². The molecule has 7 nitrogen and oxygen atoms in total. The first-order chi connectivity index (χ1) is 15.0. The van der Waals surface area contributed by atoms with E-state index in [4.69, 9.17) is 0 Å². The first kappa shape index (κ1) is 19.5. The van der Waals surface area contributed by atoms with Crippen LogP contribution >= 0.6 is 0 Å². The monoisotopic (exact) mass is 417 g/mol. The van der Waals surface area contributed by atoms with Crippen LogP contribution in [0.15, 0.2) is 48.5 Å². The molecule has 2 aromatic rings. The van der Waals surface area contributed by atoms with Gasteiger partial charge in [0, 0.05) is 43.1 Å². The Bertz CT molecular complexity index is 1080. The molecule has 1 unspecified atom stereocenters. The van der Waals surface area contributed by atoms with Gasteiger partial charge in [-0.1, -0.05) is 30.3 Å². The molecule has 5 rings (SSSR count). The summed E-state index contributed by atoms with van der Waals surface area (Å²) in [5, 5.41) is 2.31. The minimum absolute atomic E-state index is 0.0341. The predicted molar refractivity (Wildman–Crippen MR) is 112 cm³/mol. The second-order valence-electron chi connectivity index (χ2n) is 8.42. The van der Waals surface area contributed by atoms with E-state index in [1.54, 1.807) is 18.2 Å². The van der Waals surface area contributed by atoms with Crippen molar-refractivity contribution in [3.05, 3.63) is 70.8 Å². The fourth-order valence-electron chi connectivity index (χ4n) is 4.83. The highest BCUT2D eigenvalue weighted by Crippen LogP contribution is 2.31. The van der Waals surface area contributed by atoms with Crippen molar-refractivity contribution in [3.8, 4) is 0 Å². The van der Waals surface area contributed by atoms with Gasteiger partial charge in [0.2, 0.25) is 11.8 Å². The third kappa shape index (κ3) is 3.50. The number of carbonyl (C=O) groups is 4. The van der Waals surface area contributed by atoms with Crippen molar-refractivity contribution >= 4 is 23.6 Å². The fourth-order valence-corrected chi connectivity index (χ4v) is 4.83. The van der Waals surface area contributed by atoms with Crippen LogP contribution in [0.2, 0.25) is 0 Å². The van der Waals surface area contributed by atoms with Gasteiger partial charge in [0.05, 0.1) is 0 Å². The molecule has 0 radical (unpaired) electrons. The minimum atomic E-state index is -0.651. The van der Waals surface area contributed by atoms with Gasteiger partial charge in [0.25, 0.3) is 11.8 Å². The molecular weight excluding hydrogens is 394 g/mol. The van der Waals surface area contributed by atoms with E-state index in [1.165, 1.54) is 10.5 Å². The number of rotatable bonds is 3. The number of carbonyl (C=O) groups excluding carboxylic acids is 4. The number of piperidine rings is 1. The molecule has 2 atom stereocenters. The van der Waals surface area contributed by atoms with Crippen molar-refractivity contribution in [2.24, 2.45) is 0 Å². The van der Waals surface area contributed by atoms with Crippen molar-refractivity contribution in [1.29, 1.82) is 0 Å². The number of nitrogens with one attached hydrogen (secondary N) is 1. The number of hydrogen-bond donors (Lipinski definition) is 1. The second kappa shape index (κ2) is 7.65. The Morgan fingerprint density at radius 1 is 1.00 bits per heavy atom. The molecule has 0 aliphatic carbocycles. The lowest BCUT2D eigenvalue weighted by Gasteiger charge is -2.29. The van der Waals surface area contributed by atoms with Crippen LogP contribution in [0.25, 0.3) is 0 Å². The topological polar surface area (TPSA) is 86.8 Å². The van der Waals surface area contributed by atoms with E-state index in [9.17, 15) is 19.2 Å². The Kier molecular flexibility index (Phi) is 4.81. The highest BCUT2D eigenvalue weighted by atomic mass is 16.2. The molecule has 0 spiro atoms. The highest BCUT2D eigenvalue weighted by Gasteiger charge is 2.39. The molecule has 0 saturated carbocycles. The summed E-state index contributed by atoms with van der Waals surface area (Å²) >= 11 is 0. The summed E-state index contributed by atoms with van der Waals surface area (Å²) in [7, 11) is 0. The first-order valence-electron chi connectivity index (χ1n) is 10.6. The summed E-state index contributed by atoms with van der Waals surface area (Å²) in [5.74, 6) is -0.665. The smallest absolute Gasteiger partial charge is 0.255 e. The number of fused-ring (bicyclic) bond motifs is 1. The Morgan fingerprint density at radius 2 is 1.81 bits per heavy atom. The fraction of sp³-hybridized carbons (Fsp3) is 0.333. The van der Waals surface area contributed by atoms with Gasteiger partial charge >= 0.3 is 0 Å². The van der Waals surface area contributed by atoms with Crippen LogP contribution in [-0.2, 0) is 16.1 Å². The molecule has 2 aromatic carbocycles. The van der Waals surface area contributed by atoms with Gasteiger partial charge in [0.1, 0.15) is 6.04 Å². The van der Waals surface area contributed by atoms with Gasteiger partial charge in [-0.15, -0.1) is 0 Å². The van der Waals surface area contributed by atoms with E-state index >= 15 is 0 Å². The molecule has 7 heteroatoms. The molecule has 4 amide bonds.